The molecule has 0 spiro atoms. The second-order valence-electron chi connectivity index (χ2n) is 5.37. The summed E-state index contributed by atoms with van der Waals surface area (Å²) in [7, 11) is 0. The van der Waals surface area contributed by atoms with Crippen LogP contribution in [0.4, 0.5) is 61.5 Å². The second-order valence-corrected chi connectivity index (χ2v) is 5.37. The van der Waals surface area contributed by atoms with E-state index in [4.69, 9.17) is 0 Å². The van der Waals surface area contributed by atoms with Crippen LogP contribution in [0.15, 0.2) is 0 Å². The molecule has 0 aliphatic rings. The van der Waals surface area contributed by atoms with Crippen LogP contribution in [0, 0.1) is 0 Å². The fourth-order valence-corrected chi connectivity index (χ4v) is 1.01. The quantitative estimate of drug-likeness (QED) is 0.423. The Morgan fingerprint density at radius 2 is 0.815 bits per heavy atom. The Labute approximate surface area is 141 Å². The van der Waals surface area contributed by atoms with Gasteiger partial charge in [-0.15, -0.1) is 0 Å². The molecule has 0 bridgehead atoms. The van der Waals surface area contributed by atoms with Gasteiger partial charge in [0.15, 0.2) is 0 Å². The molecule has 0 aromatic carbocycles. The van der Waals surface area contributed by atoms with E-state index in [-0.39, 0.29) is 0 Å². The number of halogens is 14. The highest BCUT2D eigenvalue weighted by Crippen LogP contribution is 2.48. The van der Waals surface area contributed by atoms with Crippen molar-refractivity contribution < 1.29 is 70.9 Å². The first-order chi connectivity index (χ1) is 11.4. The molecule has 0 aromatic heterocycles. The summed E-state index contributed by atoms with van der Waals surface area (Å²) in [5.41, 5.74) is 0. The van der Waals surface area contributed by atoms with Crippen molar-refractivity contribution in [2.75, 3.05) is 13.2 Å². The van der Waals surface area contributed by atoms with Gasteiger partial charge < -0.3 is 9.47 Å². The molecule has 0 unspecified atom stereocenters. The van der Waals surface area contributed by atoms with E-state index in [0.29, 0.717) is 0 Å². The first-order valence-corrected chi connectivity index (χ1v) is 6.34. The van der Waals surface area contributed by atoms with E-state index >= 15 is 0 Å². The summed E-state index contributed by atoms with van der Waals surface area (Å²) in [6.07, 6.45) is -12.4. The van der Waals surface area contributed by atoms with E-state index in [1.807, 2.05) is 0 Å². The molecule has 0 amide bonds. The van der Waals surface area contributed by atoms with Crippen LogP contribution in [0.1, 0.15) is 13.8 Å². The maximum absolute atomic E-state index is 13.2. The maximum Gasteiger partial charge on any atom is 0.426 e. The lowest BCUT2D eigenvalue weighted by molar-refractivity contribution is -0.426. The van der Waals surface area contributed by atoms with Crippen LogP contribution < -0.4 is 0 Å². The van der Waals surface area contributed by atoms with E-state index in [9.17, 15) is 61.5 Å². The monoisotopic (exact) mass is 440 g/mol. The average molecular weight is 440 g/mol. The van der Waals surface area contributed by atoms with E-state index in [2.05, 4.69) is 9.47 Å². The number of ether oxygens (including phenoxy) is 2. The fourth-order valence-electron chi connectivity index (χ4n) is 1.01. The van der Waals surface area contributed by atoms with Gasteiger partial charge in [-0.05, 0) is 0 Å². The largest absolute Gasteiger partial charge is 0.426 e. The zero-order chi connectivity index (χ0) is 22.3. The number of alkyl halides is 14. The summed E-state index contributed by atoms with van der Waals surface area (Å²) in [4.78, 5) is 0. The molecule has 0 saturated carbocycles. The summed E-state index contributed by atoms with van der Waals surface area (Å²) in [5, 5.41) is 0. The summed E-state index contributed by atoms with van der Waals surface area (Å²) in [6, 6.07) is 0. The van der Waals surface area contributed by atoms with Crippen LogP contribution in [0.5, 0.6) is 0 Å². The Morgan fingerprint density at radius 1 is 0.481 bits per heavy atom. The molecule has 27 heavy (non-hydrogen) atoms. The summed E-state index contributed by atoms with van der Waals surface area (Å²) < 4.78 is 184. The van der Waals surface area contributed by atoms with Crippen molar-refractivity contribution in [2.45, 2.75) is 55.7 Å². The van der Waals surface area contributed by atoms with Crippen LogP contribution >= 0.6 is 0 Å². The highest BCUT2D eigenvalue weighted by molar-refractivity contribution is 4.93. The smallest absolute Gasteiger partial charge is 0.309 e. The van der Waals surface area contributed by atoms with Crippen LogP contribution in [0.25, 0.3) is 0 Å². The van der Waals surface area contributed by atoms with Gasteiger partial charge in [-0.1, -0.05) is 0 Å². The maximum atomic E-state index is 13.2. The standard InChI is InChI=1S/C11H10F14O2/c1-5(12,13)7(16,17)3-27-11(24,25)9(20,21)8(18,19)4-26-10(22,23)6(2,14)15/h3-4H2,1-2H3. The van der Waals surface area contributed by atoms with Gasteiger partial charge in [0, 0.05) is 13.8 Å². The third kappa shape index (κ3) is 5.48. The van der Waals surface area contributed by atoms with Gasteiger partial charge in [0.2, 0.25) is 0 Å². The summed E-state index contributed by atoms with van der Waals surface area (Å²) in [6.45, 7) is -7.69. The van der Waals surface area contributed by atoms with Crippen LogP contribution in [-0.4, -0.2) is 55.0 Å². The van der Waals surface area contributed by atoms with Gasteiger partial charge in [0.25, 0.3) is 0 Å². The molecular weight excluding hydrogens is 430 g/mol. The van der Waals surface area contributed by atoms with E-state index < -0.39 is 68.9 Å². The second kappa shape index (κ2) is 7.08. The molecule has 0 saturated heterocycles. The number of hydrogen-bond acceptors (Lipinski definition) is 2. The Kier molecular flexibility index (Phi) is 6.80. The van der Waals surface area contributed by atoms with Gasteiger partial charge >= 0.3 is 41.8 Å². The SMILES string of the molecule is CC(F)(F)C(F)(F)COC(F)(F)C(F)(F)C(F)(F)COC(F)(F)C(C)(F)F. The van der Waals surface area contributed by atoms with Crippen LogP contribution in [0.2, 0.25) is 0 Å². The van der Waals surface area contributed by atoms with Crippen molar-refractivity contribution >= 4 is 0 Å². The minimum atomic E-state index is -6.89. The average Bonchev–Trinajstić information content (AvgIpc) is 2.40. The van der Waals surface area contributed by atoms with Gasteiger partial charge in [-0.25, -0.2) is 8.78 Å². The molecule has 0 heterocycles. The molecule has 0 aliphatic heterocycles. The van der Waals surface area contributed by atoms with E-state index in [1.54, 1.807) is 0 Å². The Balaban J connectivity index is 5.38. The van der Waals surface area contributed by atoms with E-state index in [1.165, 1.54) is 0 Å². The third-order valence-electron chi connectivity index (χ3n) is 2.85. The fraction of sp³-hybridized carbons (Fsp3) is 1.00. The zero-order valence-electron chi connectivity index (χ0n) is 13.0. The lowest BCUT2D eigenvalue weighted by atomic mass is 10.1. The van der Waals surface area contributed by atoms with Crippen molar-refractivity contribution in [1.29, 1.82) is 0 Å². The van der Waals surface area contributed by atoms with Gasteiger partial charge in [-0.2, -0.15) is 52.7 Å². The molecule has 0 fully saturated rings. The lowest BCUT2D eigenvalue weighted by Gasteiger charge is -2.34. The normalized spacial score (nSPS) is 16.0. The zero-order valence-corrected chi connectivity index (χ0v) is 13.0. The molecule has 2 nitrogen and oxygen atoms in total. The van der Waals surface area contributed by atoms with Crippen molar-refractivity contribution in [3.05, 3.63) is 0 Å². The van der Waals surface area contributed by atoms with Gasteiger partial charge in [0.1, 0.15) is 13.2 Å². The van der Waals surface area contributed by atoms with Crippen LogP contribution in [-0.2, 0) is 9.47 Å². The Hall–Kier alpha value is -1.06. The Bertz CT molecular complexity index is 460. The number of rotatable bonds is 10. The van der Waals surface area contributed by atoms with E-state index in [0.717, 1.165) is 0 Å². The minimum Gasteiger partial charge on any atom is -0.309 e. The third-order valence-corrected chi connectivity index (χ3v) is 2.85. The molecular formula is C11H10F14O2. The van der Waals surface area contributed by atoms with Crippen molar-refractivity contribution in [3.63, 3.8) is 0 Å². The molecule has 16 heteroatoms. The van der Waals surface area contributed by atoms with Crippen molar-refractivity contribution in [2.24, 2.45) is 0 Å². The molecule has 0 radical (unpaired) electrons. The summed E-state index contributed by atoms with van der Waals surface area (Å²) >= 11 is 0. The molecule has 164 valence electrons. The van der Waals surface area contributed by atoms with Crippen molar-refractivity contribution in [1.82, 2.24) is 0 Å². The Morgan fingerprint density at radius 3 is 1.15 bits per heavy atom. The predicted octanol–water partition coefficient (Wildman–Crippen LogP) is 5.42. The first kappa shape index (κ1) is 25.9. The first-order valence-electron chi connectivity index (χ1n) is 6.34. The molecule has 0 atom stereocenters. The molecule has 0 rings (SSSR count). The topological polar surface area (TPSA) is 18.5 Å². The molecule has 0 aromatic rings. The minimum absolute atomic E-state index is 0.526. The molecule has 0 aliphatic carbocycles. The highest BCUT2D eigenvalue weighted by Gasteiger charge is 2.74. The highest BCUT2D eigenvalue weighted by atomic mass is 19.4. The lowest BCUT2D eigenvalue weighted by Crippen LogP contribution is -2.59. The summed E-state index contributed by atoms with van der Waals surface area (Å²) in [5.74, 6) is -29.0. The molecule has 0 N–H and O–H groups in total. The van der Waals surface area contributed by atoms with Gasteiger partial charge in [0.05, 0.1) is 0 Å². The number of hydrogen-bond donors (Lipinski definition) is 0. The predicted molar refractivity (Wildman–Crippen MR) is 57.9 cm³/mol. The van der Waals surface area contributed by atoms with Crippen LogP contribution in [0.3, 0.4) is 0 Å². The van der Waals surface area contributed by atoms with Crippen molar-refractivity contribution in [3.8, 4) is 0 Å². The van der Waals surface area contributed by atoms with Gasteiger partial charge in [-0.3, -0.25) is 0 Å².